The minimum Gasteiger partial charge on any atom is -0.326 e. The van der Waals surface area contributed by atoms with Gasteiger partial charge >= 0.3 is 0 Å². The van der Waals surface area contributed by atoms with Crippen molar-refractivity contribution in [1.29, 1.82) is 0 Å². The highest BCUT2D eigenvalue weighted by Crippen LogP contribution is 1.71. The van der Waals surface area contributed by atoms with Crippen molar-refractivity contribution in [2.24, 2.45) is 10.7 Å². The van der Waals surface area contributed by atoms with Crippen LogP contribution in [0.4, 0.5) is 0 Å². The maximum atomic E-state index is 9.36. The molecule has 7 heavy (non-hydrogen) atoms. The fraction of sp³-hybridized carbons (Fsp3) is 0.750. The summed E-state index contributed by atoms with van der Waals surface area (Å²) < 4.78 is 0. The van der Waals surface area contributed by atoms with E-state index >= 15 is 0 Å². The topological polar surface area (TPSA) is 55.4 Å². The van der Waals surface area contributed by atoms with Gasteiger partial charge in [-0.2, -0.15) is 0 Å². The van der Waals surface area contributed by atoms with E-state index in [9.17, 15) is 4.79 Å². The van der Waals surface area contributed by atoms with Gasteiger partial charge in [-0.15, -0.1) is 0 Å². The number of hydrogen-bond acceptors (Lipinski definition) is 3. The van der Waals surface area contributed by atoms with Crippen LogP contribution in [-0.4, -0.2) is 18.7 Å². The Morgan fingerprint density at radius 1 is 2.00 bits per heavy atom. The molecule has 0 radical (unpaired) electrons. The quantitative estimate of drug-likeness (QED) is 0.381. The van der Waals surface area contributed by atoms with Gasteiger partial charge < -0.3 is 5.73 Å². The van der Waals surface area contributed by atoms with Gasteiger partial charge in [-0.05, 0) is 6.92 Å². The summed E-state index contributed by atoms with van der Waals surface area (Å²) >= 11 is 0. The molecule has 0 spiro atoms. The van der Waals surface area contributed by atoms with Crippen LogP contribution in [0.25, 0.3) is 0 Å². The number of nitrogens with two attached hydrogens (primary N) is 1. The van der Waals surface area contributed by atoms with Crippen molar-refractivity contribution in [1.82, 2.24) is 0 Å². The minimum absolute atomic E-state index is 0.0264. The highest BCUT2D eigenvalue weighted by molar-refractivity contribution is 5.32. The van der Waals surface area contributed by atoms with E-state index in [0.29, 0.717) is 6.54 Å². The van der Waals surface area contributed by atoms with Gasteiger partial charge in [0.15, 0.2) is 0 Å². The fourth-order valence-electron chi connectivity index (χ4n) is 0.181. The number of aliphatic imine (C=N–C) groups is 1. The van der Waals surface area contributed by atoms with Crippen molar-refractivity contribution in [2.45, 2.75) is 13.0 Å². The van der Waals surface area contributed by atoms with Gasteiger partial charge in [0, 0.05) is 6.04 Å². The molecular formula is C4H8N2O. The summed E-state index contributed by atoms with van der Waals surface area (Å²) in [7, 11) is 0. The standard InChI is InChI=1S/C4H8N2O/c1-4(5)2-6-3-7/h4H,2,5H2,1H3. The maximum Gasteiger partial charge on any atom is 0.234 e. The Kier molecular flexibility index (Phi) is 3.19. The van der Waals surface area contributed by atoms with E-state index in [1.54, 1.807) is 6.92 Å². The molecular weight excluding hydrogens is 92.1 g/mol. The number of rotatable bonds is 2. The van der Waals surface area contributed by atoms with Crippen LogP contribution < -0.4 is 5.73 Å². The van der Waals surface area contributed by atoms with Crippen LogP contribution in [0.2, 0.25) is 0 Å². The Bertz CT molecular complexity index is 83.7. The summed E-state index contributed by atoms with van der Waals surface area (Å²) in [6.07, 6.45) is 1.39. The third-order valence-corrected chi connectivity index (χ3v) is 0.444. The lowest BCUT2D eigenvalue weighted by atomic mass is 10.4. The first-order chi connectivity index (χ1) is 3.27. The molecule has 0 rings (SSSR count). The second-order valence-corrected chi connectivity index (χ2v) is 1.41. The highest BCUT2D eigenvalue weighted by atomic mass is 16.1. The van der Waals surface area contributed by atoms with Crippen LogP contribution in [0.5, 0.6) is 0 Å². The van der Waals surface area contributed by atoms with Crippen molar-refractivity contribution in [3.8, 4) is 0 Å². The van der Waals surface area contributed by atoms with E-state index in [2.05, 4.69) is 4.99 Å². The van der Waals surface area contributed by atoms with E-state index in [1.807, 2.05) is 0 Å². The number of hydrogen-bond donors (Lipinski definition) is 1. The van der Waals surface area contributed by atoms with Gasteiger partial charge in [-0.1, -0.05) is 0 Å². The largest absolute Gasteiger partial charge is 0.326 e. The van der Waals surface area contributed by atoms with Crippen molar-refractivity contribution in [2.75, 3.05) is 6.54 Å². The molecule has 0 saturated heterocycles. The lowest BCUT2D eigenvalue weighted by Crippen LogP contribution is -2.17. The van der Waals surface area contributed by atoms with Gasteiger partial charge in [0.25, 0.3) is 0 Å². The first-order valence-electron chi connectivity index (χ1n) is 2.06. The normalized spacial score (nSPS) is 12.3. The van der Waals surface area contributed by atoms with Crippen molar-refractivity contribution < 1.29 is 4.79 Å². The van der Waals surface area contributed by atoms with Gasteiger partial charge in [0.2, 0.25) is 6.08 Å². The molecule has 0 aliphatic carbocycles. The van der Waals surface area contributed by atoms with E-state index in [-0.39, 0.29) is 6.04 Å². The Morgan fingerprint density at radius 3 is 2.71 bits per heavy atom. The predicted molar refractivity (Wildman–Crippen MR) is 26.6 cm³/mol. The smallest absolute Gasteiger partial charge is 0.234 e. The van der Waals surface area contributed by atoms with Crippen molar-refractivity contribution in [3.05, 3.63) is 0 Å². The first-order valence-corrected chi connectivity index (χ1v) is 2.06. The van der Waals surface area contributed by atoms with Crippen LogP contribution in [0.3, 0.4) is 0 Å². The summed E-state index contributed by atoms with van der Waals surface area (Å²) in [5.41, 5.74) is 5.21. The SMILES string of the molecule is CC(N)CN=C=O. The summed E-state index contributed by atoms with van der Waals surface area (Å²) in [6.45, 7) is 2.16. The van der Waals surface area contributed by atoms with Gasteiger partial charge in [-0.25, -0.2) is 9.79 Å². The molecule has 0 amide bonds. The van der Waals surface area contributed by atoms with Gasteiger partial charge in [0.05, 0.1) is 6.54 Å². The molecule has 40 valence electrons. The van der Waals surface area contributed by atoms with E-state index < -0.39 is 0 Å². The van der Waals surface area contributed by atoms with Crippen molar-refractivity contribution in [3.63, 3.8) is 0 Å². The summed E-state index contributed by atoms with van der Waals surface area (Å²) in [4.78, 5) is 12.6. The van der Waals surface area contributed by atoms with E-state index in [4.69, 9.17) is 5.73 Å². The van der Waals surface area contributed by atoms with Crippen molar-refractivity contribution >= 4 is 6.08 Å². The Balaban J connectivity index is 3.13. The molecule has 0 aromatic heterocycles. The third-order valence-electron chi connectivity index (χ3n) is 0.444. The highest BCUT2D eigenvalue weighted by Gasteiger charge is 1.85. The van der Waals surface area contributed by atoms with Crippen LogP contribution >= 0.6 is 0 Å². The number of nitrogens with zero attached hydrogens (tertiary/aromatic N) is 1. The average Bonchev–Trinajstić information content (AvgIpc) is 1.61. The summed E-state index contributed by atoms with van der Waals surface area (Å²) in [6, 6.07) is -0.0264. The molecule has 1 atom stereocenters. The fourth-order valence-corrected chi connectivity index (χ4v) is 0.181. The van der Waals surface area contributed by atoms with E-state index in [1.165, 1.54) is 6.08 Å². The zero-order valence-electron chi connectivity index (χ0n) is 4.22. The molecule has 0 bridgehead atoms. The van der Waals surface area contributed by atoms with Crippen LogP contribution in [0.1, 0.15) is 6.92 Å². The second kappa shape index (κ2) is 3.53. The molecule has 3 nitrogen and oxygen atoms in total. The summed E-state index contributed by atoms with van der Waals surface area (Å²) in [5.74, 6) is 0. The van der Waals surface area contributed by atoms with Crippen LogP contribution in [-0.2, 0) is 4.79 Å². The molecule has 0 aromatic rings. The molecule has 0 aliphatic heterocycles. The monoisotopic (exact) mass is 100 g/mol. The second-order valence-electron chi connectivity index (χ2n) is 1.41. The van der Waals surface area contributed by atoms with Gasteiger partial charge in [-0.3, -0.25) is 0 Å². The Hall–Kier alpha value is -0.660. The van der Waals surface area contributed by atoms with Gasteiger partial charge in [0.1, 0.15) is 0 Å². The lowest BCUT2D eigenvalue weighted by molar-refractivity contribution is 0.561. The minimum atomic E-state index is -0.0264. The average molecular weight is 100 g/mol. The first kappa shape index (κ1) is 6.34. The lowest BCUT2D eigenvalue weighted by Gasteiger charge is -1.92. The Labute approximate surface area is 42.2 Å². The zero-order chi connectivity index (χ0) is 5.70. The molecule has 0 aromatic carbocycles. The zero-order valence-corrected chi connectivity index (χ0v) is 4.22. The summed E-state index contributed by atoms with van der Waals surface area (Å²) in [5, 5.41) is 0. The molecule has 0 aliphatic rings. The molecule has 0 heterocycles. The maximum absolute atomic E-state index is 9.36. The molecule has 3 heteroatoms. The molecule has 1 unspecified atom stereocenters. The number of isocyanates is 1. The number of carbonyl (C=O) groups excluding carboxylic acids is 1. The van der Waals surface area contributed by atoms with Crippen LogP contribution in [0.15, 0.2) is 4.99 Å². The molecule has 0 saturated carbocycles. The van der Waals surface area contributed by atoms with E-state index in [0.717, 1.165) is 0 Å². The predicted octanol–water partition coefficient (Wildman–Crippen LogP) is -0.331. The molecule has 0 fully saturated rings. The van der Waals surface area contributed by atoms with Crippen LogP contribution in [0, 0.1) is 0 Å². The molecule has 2 N–H and O–H groups in total. The third kappa shape index (κ3) is 5.34. The Morgan fingerprint density at radius 2 is 2.57 bits per heavy atom.